The van der Waals surface area contributed by atoms with E-state index < -0.39 is 11.7 Å². The standard InChI is InChI=1S/C24H34N4O2/c1-18-9-8-10-21(27-15-6-5-7-16-27)22(18)28(23(29)30-24(2,3)4)26-20-13-11-19(17-25)12-14-20/h8-14,26H,5-7,15-17,25H2,1-4H3. The van der Waals surface area contributed by atoms with E-state index in [0.717, 1.165) is 54.1 Å². The molecule has 1 saturated heterocycles. The minimum absolute atomic E-state index is 0.432. The SMILES string of the molecule is Cc1cccc(N2CCCCC2)c1N(Nc1ccc(CN)cc1)C(=O)OC(C)(C)C. The number of nitrogens with one attached hydrogen (secondary N) is 1. The van der Waals surface area contributed by atoms with E-state index in [2.05, 4.69) is 16.4 Å². The fraction of sp³-hybridized carbons (Fsp3) is 0.458. The maximum Gasteiger partial charge on any atom is 0.434 e. The van der Waals surface area contributed by atoms with Crippen LogP contribution in [-0.2, 0) is 11.3 Å². The van der Waals surface area contributed by atoms with Crippen LogP contribution in [0.5, 0.6) is 0 Å². The molecule has 162 valence electrons. The molecule has 0 saturated carbocycles. The van der Waals surface area contributed by atoms with Gasteiger partial charge in [-0.3, -0.25) is 5.43 Å². The van der Waals surface area contributed by atoms with Gasteiger partial charge in [-0.1, -0.05) is 24.3 Å². The van der Waals surface area contributed by atoms with Crippen molar-refractivity contribution in [3.8, 4) is 0 Å². The van der Waals surface area contributed by atoms with Crippen LogP contribution >= 0.6 is 0 Å². The second-order valence-corrected chi connectivity index (χ2v) is 8.82. The van der Waals surface area contributed by atoms with Crippen LogP contribution in [-0.4, -0.2) is 24.8 Å². The normalized spacial score (nSPS) is 14.4. The molecule has 0 bridgehead atoms. The van der Waals surface area contributed by atoms with E-state index in [1.807, 2.05) is 64.1 Å². The van der Waals surface area contributed by atoms with Crippen LogP contribution in [0.3, 0.4) is 0 Å². The number of carbonyl (C=O) groups is 1. The van der Waals surface area contributed by atoms with Crippen molar-refractivity contribution in [2.45, 2.75) is 59.1 Å². The Kier molecular flexibility index (Phi) is 6.87. The molecule has 0 spiro atoms. The lowest BCUT2D eigenvalue weighted by Gasteiger charge is -2.35. The van der Waals surface area contributed by atoms with Gasteiger partial charge in [0.1, 0.15) is 5.60 Å². The molecule has 6 heteroatoms. The highest BCUT2D eigenvalue weighted by atomic mass is 16.6. The molecule has 1 aliphatic heterocycles. The summed E-state index contributed by atoms with van der Waals surface area (Å²) in [5.41, 5.74) is 13.1. The van der Waals surface area contributed by atoms with Crippen molar-refractivity contribution in [1.29, 1.82) is 0 Å². The van der Waals surface area contributed by atoms with E-state index in [0.29, 0.717) is 6.54 Å². The van der Waals surface area contributed by atoms with Gasteiger partial charge in [0, 0.05) is 19.6 Å². The predicted molar refractivity (Wildman–Crippen MR) is 124 cm³/mol. The number of piperidine rings is 1. The number of hydrogen-bond acceptors (Lipinski definition) is 5. The quantitative estimate of drug-likeness (QED) is 0.662. The van der Waals surface area contributed by atoms with Gasteiger partial charge >= 0.3 is 6.09 Å². The largest absolute Gasteiger partial charge is 0.442 e. The first-order valence-electron chi connectivity index (χ1n) is 10.7. The molecule has 1 fully saturated rings. The molecule has 0 atom stereocenters. The van der Waals surface area contributed by atoms with Gasteiger partial charge in [-0.25, -0.2) is 4.79 Å². The Morgan fingerprint density at radius 2 is 1.77 bits per heavy atom. The second kappa shape index (κ2) is 9.39. The summed E-state index contributed by atoms with van der Waals surface area (Å²) in [4.78, 5) is 15.6. The molecule has 3 rings (SSSR count). The van der Waals surface area contributed by atoms with Crippen LogP contribution in [0.1, 0.15) is 51.2 Å². The maximum atomic E-state index is 13.3. The van der Waals surface area contributed by atoms with Crippen LogP contribution in [0, 0.1) is 6.92 Å². The number of nitrogens with zero attached hydrogens (tertiary/aromatic N) is 2. The van der Waals surface area contributed by atoms with Gasteiger partial charge in [0.15, 0.2) is 0 Å². The summed E-state index contributed by atoms with van der Waals surface area (Å²) in [5, 5.41) is 1.54. The molecular formula is C24H34N4O2. The molecular weight excluding hydrogens is 376 g/mol. The third-order valence-electron chi connectivity index (χ3n) is 5.14. The lowest BCUT2D eigenvalue weighted by Crippen LogP contribution is -2.42. The Labute approximate surface area is 180 Å². The van der Waals surface area contributed by atoms with E-state index in [1.54, 1.807) is 5.01 Å². The molecule has 1 heterocycles. The molecule has 0 unspecified atom stereocenters. The molecule has 30 heavy (non-hydrogen) atoms. The summed E-state index contributed by atoms with van der Waals surface area (Å²) in [7, 11) is 0. The van der Waals surface area contributed by atoms with Gasteiger partial charge < -0.3 is 15.4 Å². The molecule has 0 radical (unpaired) electrons. The fourth-order valence-electron chi connectivity index (χ4n) is 3.67. The Morgan fingerprint density at radius 1 is 1.10 bits per heavy atom. The molecule has 0 aromatic heterocycles. The number of nitrogens with two attached hydrogens (primary N) is 1. The van der Waals surface area contributed by atoms with Crippen molar-refractivity contribution in [2.24, 2.45) is 5.73 Å². The topological polar surface area (TPSA) is 70.8 Å². The summed E-state index contributed by atoms with van der Waals surface area (Å²) in [6.45, 7) is 10.1. The average Bonchev–Trinajstić information content (AvgIpc) is 2.72. The van der Waals surface area contributed by atoms with E-state index in [4.69, 9.17) is 10.5 Å². The van der Waals surface area contributed by atoms with Crippen LogP contribution in [0.4, 0.5) is 21.9 Å². The minimum atomic E-state index is -0.603. The number of anilines is 3. The molecule has 2 aromatic rings. The van der Waals surface area contributed by atoms with Gasteiger partial charge in [0.2, 0.25) is 0 Å². The van der Waals surface area contributed by atoms with E-state index in [9.17, 15) is 4.79 Å². The van der Waals surface area contributed by atoms with Crippen molar-refractivity contribution in [1.82, 2.24) is 0 Å². The Balaban J connectivity index is 2.01. The molecule has 3 N–H and O–H groups in total. The predicted octanol–water partition coefficient (Wildman–Crippen LogP) is 5.21. The van der Waals surface area contributed by atoms with E-state index in [1.165, 1.54) is 6.42 Å². The highest BCUT2D eigenvalue weighted by Crippen LogP contribution is 2.35. The first-order valence-corrected chi connectivity index (χ1v) is 10.7. The van der Waals surface area contributed by atoms with Crippen molar-refractivity contribution in [3.05, 3.63) is 53.6 Å². The third kappa shape index (κ3) is 5.45. The molecule has 6 nitrogen and oxygen atoms in total. The lowest BCUT2D eigenvalue weighted by atomic mass is 10.1. The number of para-hydroxylation sites is 1. The van der Waals surface area contributed by atoms with Crippen LogP contribution in [0.25, 0.3) is 0 Å². The first kappa shape index (κ1) is 22.0. The van der Waals surface area contributed by atoms with Crippen LogP contribution in [0.2, 0.25) is 0 Å². The summed E-state index contributed by atoms with van der Waals surface area (Å²) >= 11 is 0. The van der Waals surface area contributed by atoms with Gasteiger partial charge in [0.05, 0.1) is 17.1 Å². The Bertz CT molecular complexity index is 852. The number of ether oxygens (including phenoxy) is 1. The van der Waals surface area contributed by atoms with Crippen molar-refractivity contribution in [2.75, 3.05) is 28.4 Å². The number of rotatable bonds is 5. The van der Waals surface area contributed by atoms with Crippen molar-refractivity contribution in [3.63, 3.8) is 0 Å². The monoisotopic (exact) mass is 410 g/mol. The van der Waals surface area contributed by atoms with Crippen molar-refractivity contribution < 1.29 is 9.53 Å². The van der Waals surface area contributed by atoms with Gasteiger partial charge in [-0.2, -0.15) is 5.01 Å². The number of amides is 1. The summed E-state index contributed by atoms with van der Waals surface area (Å²) in [6, 6.07) is 13.9. The van der Waals surface area contributed by atoms with Crippen molar-refractivity contribution >= 4 is 23.2 Å². The van der Waals surface area contributed by atoms with Gasteiger partial charge in [0.25, 0.3) is 0 Å². The summed E-state index contributed by atoms with van der Waals surface area (Å²) in [5.74, 6) is 0. The molecule has 1 aliphatic rings. The highest BCUT2D eigenvalue weighted by molar-refractivity contribution is 5.96. The number of carbonyl (C=O) groups excluding carboxylic acids is 1. The number of aryl methyl sites for hydroxylation is 1. The van der Waals surface area contributed by atoms with Crippen LogP contribution < -0.4 is 21.1 Å². The number of benzene rings is 2. The van der Waals surface area contributed by atoms with E-state index >= 15 is 0 Å². The third-order valence-corrected chi connectivity index (χ3v) is 5.14. The van der Waals surface area contributed by atoms with Gasteiger partial charge in [-0.15, -0.1) is 0 Å². The lowest BCUT2D eigenvalue weighted by molar-refractivity contribution is 0.0589. The Morgan fingerprint density at radius 3 is 2.37 bits per heavy atom. The smallest absolute Gasteiger partial charge is 0.434 e. The van der Waals surface area contributed by atoms with Gasteiger partial charge in [-0.05, 0) is 76.3 Å². The van der Waals surface area contributed by atoms with E-state index in [-0.39, 0.29) is 0 Å². The highest BCUT2D eigenvalue weighted by Gasteiger charge is 2.28. The fourth-order valence-corrected chi connectivity index (χ4v) is 3.67. The molecule has 2 aromatic carbocycles. The molecule has 1 amide bonds. The zero-order chi connectivity index (χ0) is 21.7. The minimum Gasteiger partial charge on any atom is -0.442 e. The average molecular weight is 411 g/mol. The van der Waals surface area contributed by atoms with Crippen LogP contribution in [0.15, 0.2) is 42.5 Å². The maximum absolute atomic E-state index is 13.3. The number of hydrogen-bond donors (Lipinski definition) is 2. The Hall–Kier alpha value is -2.73. The zero-order valence-corrected chi connectivity index (χ0v) is 18.6. The summed E-state index contributed by atoms with van der Waals surface area (Å²) in [6.07, 6.45) is 3.14. The summed E-state index contributed by atoms with van der Waals surface area (Å²) < 4.78 is 5.75. The molecule has 0 aliphatic carbocycles. The first-order chi connectivity index (χ1) is 14.3. The second-order valence-electron chi connectivity index (χ2n) is 8.82. The number of hydrazine groups is 1. The zero-order valence-electron chi connectivity index (χ0n) is 18.6.